The number of carboxylic acid groups (broad SMARTS) is 1. The van der Waals surface area contributed by atoms with E-state index in [2.05, 4.69) is 29.2 Å². The average Bonchev–Trinajstić information content (AvgIpc) is 3.49. The lowest BCUT2D eigenvalue weighted by atomic mass is 9.68. The molecule has 4 aliphatic rings. The third-order valence-corrected chi connectivity index (χ3v) is 10.6. The molecular formula is C24H24N2O5S2. The Bertz CT molecular complexity index is 1220. The highest BCUT2D eigenvalue weighted by molar-refractivity contribution is 8.00. The Morgan fingerprint density at radius 1 is 1.12 bits per heavy atom. The fourth-order valence-corrected chi connectivity index (χ4v) is 9.72. The summed E-state index contributed by atoms with van der Waals surface area (Å²) >= 11 is 2.95. The number of carbonyl (C=O) groups excluding carboxylic acids is 2. The predicted octanol–water partition coefficient (Wildman–Crippen LogP) is 3.08. The number of carboxylic acids is 1. The molecule has 2 aliphatic carbocycles. The molecule has 2 saturated carbocycles. The maximum atomic E-state index is 13.4. The molecule has 9 heteroatoms. The highest BCUT2D eigenvalue weighted by Gasteiger charge is 2.69. The Balaban J connectivity index is 1.37. The van der Waals surface area contributed by atoms with Crippen LogP contribution in [0.1, 0.15) is 41.2 Å². The van der Waals surface area contributed by atoms with Crippen LogP contribution >= 0.6 is 23.1 Å². The van der Waals surface area contributed by atoms with Gasteiger partial charge in [0.25, 0.3) is 0 Å². The van der Waals surface area contributed by atoms with Crippen LogP contribution < -0.4 is 4.87 Å². The predicted molar refractivity (Wildman–Crippen MR) is 123 cm³/mol. The van der Waals surface area contributed by atoms with Gasteiger partial charge in [0.1, 0.15) is 0 Å². The van der Waals surface area contributed by atoms with E-state index in [4.69, 9.17) is 5.11 Å². The molecule has 1 aromatic heterocycles. The lowest BCUT2D eigenvalue weighted by molar-refractivity contribution is -0.142. The number of aromatic nitrogens is 1. The topological polar surface area (TPSA) is 108 Å². The van der Waals surface area contributed by atoms with Gasteiger partial charge < -0.3 is 10.1 Å². The average molecular weight is 485 g/mol. The molecule has 0 spiro atoms. The first-order chi connectivity index (χ1) is 15.8. The molecule has 33 heavy (non-hydrogen) atoms. The molecule has 2 aliphatic heterocycles. The van der Waals surface area contributed by atoms with Crippen molar-refractivity contribution < 1.29 is 19.5 Å². The number of nitrogens with one attached hydrogen (secondary N) is 1. The van der Waals surface area contributed by atoms with Crippen molar-refractivity contribution in [2.75, 3.05) is 6.54 Å². The van der Waals surface area contributed by atoms with Crippen LogP contribution in [0.15, 0.2) is 34.1 Å². The molecule has 6 rings (SSSR count). The SMILES string of the molecule is Cc1ccc([C@H]2c3sc(=O)[nH]c3S[C@@H]3[C@H]4C[C@@H]([C@@H]5C(=O)N(CCCC(=O)O)C(=O)[C@@H]45)[C@@H]23)cc1. The highest BCUT2D eigenvalue weighted by Crippen LogP contribution is 2.68. The van der Waals surface area contributed by atoms with Gasteiger partial charge >= 0.3 is 10.8 Å². The largest absolute Gasteiger partial charge is 0.481 e. The number of likely N-dealkylation sites (tertiary alicyclic amines) is 1. The minimum absolute atomic E-state index is 0.0377. The Kier molecular flexibility index (Phi) is 4.85. The normalized spacial score (nSPS) is 33.8. The van der Waals surface area contributed by atoms with Crippen LogP contribution in [0.2, 0.25) is 0 Å². The minimum Gasteiger partial charge on any atom is -0.481 e. The maximum absolute atomic E-state index is 13.4. The number of aliphatic carboxylic acids is 1. The number of thiazole rings is 1. The molecule has 2 N–H and O–H groups in total. The van der Waals surface area contributed by atoms with Crippen molar-refractivity contribution >= 4 is 40.9 Å². The lowest BCUT2D eigenvalue weighted by Crippen LogP contribution is -2.42. The monoisotopic (exact) mass is 484 g/mol. The zero-order valence-electron chi connectivity index (χ0n) is 18.0. The van der Waals surface area contributed by atoms with Crippen molar-refractivity contribution in [1.82, 2.24) is 9.88 Å². The van der Waals surface area contributed by atoms with Gasteiger partial charge in [0, 0.05) is 29.0 Å². The summed E-state index contributed by atoms with van der Waals surface area (Å²) in [5, 5.41) is 10.0. The maximum Gasteiger partial charge on any atom is 0.305 e. The van der Waals surface area contributed by atoms with Crippen LogP contribution in [-0.2, 0) is 14.4 Å². The van der Waals surface area contributed by atoms with Crippen molar-refractivity contribution in [2.24, 2.45) is 29.6 Å². The van der Waals surface area contributed by atoms with Gasteiger partial charge in [-0.3, -0.25) is 24.1 Å². The molecule has 3 heterocycles. The number of nitrogens with zero attached hydrogens (tertiary/aromatic N) is 1. The third-order valence-electron chi connectivity index (χ3n) is 8.02. The van der Waals surface area contributed by atoms with Crippen LogP contribution in [-0.4, -0.2) is 44.6 Å². The number of aryl methyl sites for hydroxylation is 1. The lowest BCUT2D eigenvalue weighted by Gasteiger charge is -2.43. The number of hydrogen-bond acceptors (Lipinski definition) is 6. The molecule has 1 saturated heterocycles. The zero-order valence-corrected chi connectivity index (χ0v) is 19.7. The number of carbonyl (C=O) groups is 3. The van der Waals surface area contributed by atoms with E-state index >= 15 is 0 Å². The summed E-state index contributed by atoms with van der Waals surface area (Å²) in [5.74, 6) is -1.38. The molecular weight excluding hydrogens is 460 g/mol. The molecule has 2 bridgehead atoms. The fourth-order valence-electron chi connectivity index (χ4n) is 6.83. The van der Waals surface area contributed by atoms with Crippen molar-refractivity contribution in [1.29, 1.82) is 0 Å². The van der Waals surface area contributed by atoms with Crippen LogP contribution in [0.5, 0.6) is 0 Å². The van der Waals surface area contributed by atoms with Crippen LogP contribution in [0.4, 0.5) is 0 Å². The first-order valence-electron chi connectivity index (χ1n) is 11.4. The number of benzene rings is 1. The van der Waals surface area contributed by atoms with E-state index in [0.717, 1.165) is 21.9 Å². The van der Waals surface area contributed by atoms with E-state index < -0.39 is 5.97 Å². The molecule has 1 aromatic carbocycles. The van der Waals surface area contributed by atoms with E-state index in [1.165, 1.54) is 21.8 Å². The van der Waals surface area contributed by atoms with Gasteiger partial charge in [-0.25, -0.2) is 0 Å². The highest BCUT2D eigenvalue weighted by atomic mass is 32.2. The second kappa shape index (κ2) is 7.56. The molecule has 2 aromatic rings. The zero-order chi connectivity index (χ0) is 23.0. The molecule has 7 nitrogen and oxygen atoms in total. The third kappa shape index (κ3) is 3.08. The summed E-state index contributed by atoms with van der Waals surface area (Å²) in [7, 11) is 0. The van der Waals surface area contributed by atoms with E-state index in [-0.39, 0.29) is 76.8 Å². The number of fused-ring (bicyclic) bond motifs is 9. The van der Waals surface area contributed by atoms with Crippen molar-refractivity contribution in [2.45, 2.75) is 42.4 Å². The number of H-pyrrole nitrogens is 1. The second-order valence-corrected chi connectivity index (χ2v) is 11.9. The fraction of sp³-hybridized carbons (Fsp3) is 0.500. The summed E-state index contributed by atoms with van der Waals surface area (Å²) in [6.45, 7) is 2.23. The van der Waals surface area contributed by atoms with Crippen LogP contribution in [0.3, 0.4) is 0 Å². The van der Waals surface area contributed by atoms with Gasteiger partial charge in [0.05, 0.1) is 16.9 Å². The smallest absolute Gasteiger partial charge is 0.305 e. The minimum atomic E-state index is -0.919. The number of aromatic amines is 1. The molecule has 7 atom stereocenters. The van der Waals surface area contributed by atoms with Gasteiger partial charge in [-0.1, -0.05) is 41.2 Å². The first kappa shape index (κ1) is 21.2. The second-order valence-electron chi connectivity index (χ2n) is 9.70. The van der Waals surface area contributed by atoms with Gasteiger partial charge in [-0.15, -0.1) is 11.8 Å². The number of thioether (sulfide) groups is 1. The molecule has 0 radical (unpaired) electrons. The number of amides is 2. The van der Waals surface area contributed by atoms with Gasteiger partial charge in [0.2, 0.25) is 11.8 Å². The van der Waals surface area contributed by atoms with Gasteiger partial charge in [0.15, 0.2) is 0 Å². The number of rotatable bonds is 5. The Labute approximate surface area is 198 Å². The summed E-state index contributed by atoms with van der Waals surface area (Å²) in [6.07, 6.45) is 1.09. The summed E-state index contributed by atoms with van der Waals surface area (Å²) in [4.78, 5) is 55.1. The van der Waals surface area contributed by atoms with Crippen molar-refractivity contribution in [3.05, 3.63) is 49.9 Å². The van der Waals surface area contributed by atoms with Crippen molar-refractivity contribution in [3.8, 4) is 0 Å². The Hall–Kier alpha value is -2.39. The number of imide groups is 1. The standard InChI is InChI=1S/C24H24N2O5S2/c1-10-4-6-11(7-5-10)15-16-12-9-13(19(16)32-21-20(15)33-24(31)25-21)18-17(12)22(29)26(23(18)30)8-2-3-14(27)28/h4-7,12-13,15-19H,2-3,8-9H2,1H3,(H,25,31)(H,27,28)/t12-,13+,15-,16+,17+,18+,19-/m1/s1. The summed E-state index contributed by atoms with van der Waals surface area (Å²) < 4.78 is 0. The Morgan fingerprint density at radius 2 is 1.82 bits per heavy atom. The van der Waals surface area contributed by atoms with Gasteiger partial charge in [-0.2, -0.15) is 0 Å². The van der Waals surface area contributed by atoms with E-state index in [9.17, 15) is 19.2 Å². The quantitative estimate of drug-likeness (QED) is 0.632. The first-order valence-corrected chi connectivity index (χ1v) is 13.1. The molecule has 172 valence electrons. The van der Waals surface area contributed by atoms with Crippen LogP contribution in [0, 0.1) is 36.5 Å². The Morgan fingerprint density at radius 3 is 2.52 bits per heavy atom. The molecule has 2 amide bonds. The summed E-state index contributed by atoms with van der Waals surface area (Å²) in [6, 6.07) is 8.44. The molecule has 0 unspecified atom stereocenters. The van der Waals surface area contributed by atoms with Crippen LogP contribution in [0.25, 0.3) is 0 Å². The molecule has 3 fully saturated rings. The van der Waals surface area contributed by atoms with Gasteiger partial charge in [-0.05, 0) is 43.1 Å². The van der Waals surface area contributed by atoms with E-state index in [1.807, 2.05) is 6.92 Å². The van der Waals surface area contributed by atoms with E-state index in [0.29, 0.717) is 0 Å². The van der Waals surface area contributed by atoms with E-state index in [1.54, 1.807) is 11.8 Å². The summed E-state index contributed by atoms with van der Waals surface area (Å²) in [5.41, 5.74) is 2.33. The number of hydrogen-bond donors (Lipinski definition) is 2. The van der Waals surface area contributed by atoms with Crippen molar-refractivity contribution in [3.63, 3.8) is 0 Å².